The molecule has 0 radical (unpaired) electrons. The van der Waals surface area contributed by atoms with Gasteiger partial charge in [-0.25, -0.2) is 19.2 Å². The quantitative estimate of drug-likeness (QED) is 0.296. The van der Waals surface area contributed by atoms with Gasteiger partial charge in [0, 0.05) is 16.0 Å². The number of anilines is 1. The Bertz CT molecular complexity index is 1750. The Morgan fingerprint density at radius 1 is 0.739 bits per heavy atom. The van der Waals surface area contributed by atoms with E-state index in [-0.39, 0.29) is 32.6 Å². The van der Waals surface area contributed by atoms with Crippen LogP contribution in [0.1, 0.15) is 30.5 Å². The summed E-state index contributed by atoms with van der Waals surface area (Å²) in [4.78, 5) is 69.8. The number of carbonyl (C=O) groups excluding carboxylic acids is 5. The Morgan fingerprint density at radius 2 is 1.28 bits per heavy atom. The molecule has 10 nitrogen and oxygen atoms in total. The zero-order chi connectivity index (χ0) is 33.6. The molecule has 2 aromatic carbocycles. The second kappa shape index (κ2) is 12.7. The van der Waals surface area contributed by atoms with Crippen LogP contribution in [0.2, 0.25) is 0 Å². The van der Waals surface area contributed by atoms with Gasteiger partial charge < -0.3 is 23.8 Å². The Balaban J connectivity index is 1.85. The Morgan fingerprint density at radius 3 is 1.83 bits per heavy atom. The molecule has 1 spiro atoms. The third kappa shape index (κ3) is 5.33. The average molecular weight is 682 g/mol. The van der Waals surface area contributed by atoms with Crippen molar-refractivity contribution >= 4 is 76.3 Å². The molecule has 1 amide bonds. The fourth-order valence-corrected chi connectivity index (χ4v) is 10.8. The van der Waals surface area contributed by atoms with Crippen molar-refractivity contribution in [3.63, 3.8) is 0 Å². The molecular weight excluding hydrogens is 651 g/mol. The van der Waals surface area contributed by atoms with Gasteiger partial charge in [0.05, 0.1) is 51.7 Å². The lowest BCUT2D eigenvalue weighted by Gasteiger charge is -2.51. The van der Waals surface area contributed by atoms with Gasteiger partial charge in [0.15, 0.2) is 0 Å². The fourth-order valence-electron chi connectivity index (χ4n) is 5.73. The third-order valence-corrected chi connectivity index (χ3v) is 12.4. The molecule has 3 aliphatic rings. The van der Waals surface area contributed by atoms with E-state index in [9.17, 15) is 24.0 Å². The van der Waals surface area contributed by atoms with Crippen LogP contribution in [0.3, 0.4) is 0 Å². The second-order valence-corrected chi connectivity index (χ2v) is 14.7. The number of amides is 1. The van der Waals surface area contributed by atoms with Crippen molar-refractivity contribution in [2.75, 3.05) is 33.3 Å². The van der Waals surface area contributed by atoms with Gasteiger partial charge >= 0.3 is 23.9 Å². The molecule has 46 heavy (non-hydrogen) atoms. The van der Waals surface area contributed by atoms with E-state index in [1.54, 1.807) is 4.90 Å². The minimum atomic E-state index is -1.63. The van der Waals surface area contributed by atoms with Gasteiger partial charge in [-0.05, 0) is 38.5 Å². The normalized spacial score (nSPS) is 17.8. The van der Waals surface area contributed by atoms with Gasteiger partial charge in [-0.3, -0.25) is 4.79 Å². The summed E-state index contributed by atoms with van der Waals surface area (Å²) in [6.07, 6.45) is 0.104. The van der Waals surface area contributed by atoms with Crippen LogP contribution in [0.25, 0.3) is 5.57 Å². The van der Waals surface area contributed by atoms with Crippen LogP contribution < -0.4 is 4.90 Å². The van der Waals surface area contributed by atoms with E-state index in [0.717, 1.165) is 46.4 Å². The highest BCUT2D eigenvalue weighted by molar-refractivity contribution is 8.26. The minimum absolute atomic E-state index is 0.0944. The number of hydrogen-bond acceptors (Lipinski definition) is 12. The van der Waals surface area contributed by atoms with Gasteiger partial charge in [-0.1, -0.05) is 77.2 Å². The van der Waals surface area contributed by atoms with E-state index < -0.39 is 33.5 Å². The van der Waals surface area contributed by atoms with Crippen molar-refractivity contribution in [1.29, 1.82) is 0 Å². The maximum Gasteiger partial charge on any atom is 0.345 e. The second-order valence-electron chi connectivity index (χ2n) is 10.9. The van der Waals surface area contributed by atoms with Crippen LogP contribution in [-0.2, 0) is 49.3 Å². The molecule has 2 aromatic rings. The predicted molar refractivity (Wildman–Crippen MR) is 177 cm³/mol. The molecule has 0 saturated heterocycles. The fraction of sp³-hybridized carbons (Fsp3) is 0.303. The van der Waals surface area contributed by atoms with Gasteiger partial charge in [-0.2, -0.15) is 0 Å². The predicted octanol–water partition coefficient (Wildman–Crippen LogP) is 5.15. The van der Waals surface area contributed by atoms with E-state index in [0.29, 0.717) is 21.7 Å². The van der Waals surface area contributed by atoms with Gasteiger partial charge in [-0.15, -0.1) is 0 Å². The number of carbonyl (C=O) groups is 5. The zero-order valence-corrected chi connectivity index (χ0v) is 28.6. The number of esters is 4. The zero-order valence-electron chi connectivity index (χ0n) is 26.2. The number of ether oxygens (including phenoxy) is 4. The number of hydrogen-bond donors (Lipinski definition) is 0. The van der Waals surface area contributed by atoms with E-state index in [1.807, 2.05) is 69.3 Å². The van der Waals surface area contributed by atoms with Crippen molar-refractivity contribution in [1.82, 2.24) is 0 Å². The number of nitrogens with zero attached hydrogens (tertiary/aromatic N) is 1. The van der Waals surface area contributed by atoms with Gasteiger partial charge in [0.25, 0.3) is 0 Å². The molecule has 0 N–H and O–H groups in total. The first-order chi connectivity index (χ1) is 21.9. The highest BCUT2D eigenvalue weighted by Gasteiger charge is 2.61. The third-order valence-electron chi connectivity index (χ3n) is 7.74. The van der Waals surface area contributed by atoms with Crippen LogP contribution in [0.5, 0.6) is 0 Å². The molecule has 13 heteroatoms. The lowest BCUT2D eigenvalue weighted by Crippen LogP contribution is -2.54. The maximum absolute atomic E-state index is 14.2. The first kappa shape index (κ1) is 33.4. The monoisotopic (exact) mass is 681 g/mol. The first-order valence-electron chi connectivity index (χ1n) is 14.0. The molecule has 5 rings (SSSR count). The number of aryl methyl sites for hydroxylation is 1. The summed E-state index contributed by atoms with van der Waals surface area (Å²) in [5.74, 6) is -3.52. The molecule has 3 aliphatic heterocycles. The van der Waals surface area contributed by atoms with E-state index in [1.165, 1.54) is 28.4 Å². The standard InChI is InChI=1S/C33H31NO9S3/c1-17-13-14-20-19(15-17)22-27(32(2,3)34(20)21(35)16-18-11-9-8-10-12-18)44-24(29(37)41-5)23(28(36)40-4)33(22)45-25(30(38)42-6)26(46-33)31(39)43-7/h8-15H,16H2,1-7H3. The molecule has 240 valence electrons. The van der Waals surface area contributed by atoms with Crippen molar-refractivity contribution < 1.29 is 42.9 Å². The van der Waals surface area contributed by atoms with E-state index in [4.69, 9.17) is 18.9 Å². The number of rotatable bonds is 6. The summed E-state index contributed by atoms with van der Waals surface area (Å²) in [6.45, 7) is 5.60. The Hall–Kier alpha value is -3.94. The largest absolute Gasteiger partial charge is 0.466 e. The molecule has 0 fully saturated rings. The van der Waals surface area contributed by atoms with Crippen LogP contribution >= 0.6 is 35.3 Å². The van der Waals surface area contributed by atoms with Crippen LogP contribution in [0, 0.1) is 6.92 Å². The van der Waals surface area contributed by atoms with Gasteiger partial charge in [0.1, 0.15) is 18.8 Å². The molecular formula is C33H31NO9S3. The molecule has 0 bridgehead atoms. The minimum Gasteiger partial charge on any atom is -0.466 e. The van der Waals surface area contributed by atoms with E-state index in [2.05, 4.69) is 0 Å². The van der Waals surface area contributed by atoms with Crippen LogP contribution in [-0.4, -0.2) is 67.8 Å². The topological polar surface area (TPSA) is 126 Å². The maximum atomic E-state index is 14.2. The number of methoxy groups -OCH3 is 4. The lowest BCUT2D eigenvalue weighted by atomic mass is 9.82. The molecule has 0 aromatic heterocycles. The van der Waals surface area contributed by atoms with E-state index >= 15 is 0 Å². The molecule has 3 heterocycles. The number of benzene rings is 2. The Kier molecular flexibility index (Phi) is 9.22. The van der Waals surface area contributed by atoms with Crippen LogP contribution in [0.4, 0.5) is 5.69 Å². The van der Waals surface area contributed by atoms with Crippen molar-refractivity contribution in [3.05, 3.63) is 90.4 Å². The van der Waals surface area contributed by atoms with Crippen LogP contribution in [0.15, 0.2) is 73.7 Å². The number of thioether (sulfide) groups is 3. The molecule has 0 saturated carbocycles. The lowest BCUT2D eigenvalue weighted by molar-refractivity contribution is -0.138. The average Bonchev–Trinajstić information content (AvgIpc) is 3.43. The summed E-state index contributed by atoms with van der Waals surface area (Å²) in [7, 11) is 4.73. The summed E-state index contributed by atoms with van der Waals surface area (Å²) >= 11 is 2.80. The Labute approximate surface area is 278 Å². The molecule has 0 aliphatic carbocycles. The summed E-state index contributed by atoms with van der Waals surface area (Å²) < 4.78 is 18.8. The molecule has 0 unspecified atom stereocenters. The number of fused-ring (bicyclic) bond motifs is 3. The highest BCUT2D eigenvalue weighted by Crippen LogP contribution is 2.71. The van der Waals surface area contributed by atoms with Gasteiger partial charge in [0.2, 0.25) is 5.91 Å². The highest BCUT2D eigenvalue weighted by atomic mass is 32.2. The first-order valence-corrected chi connectivity index (χ1v) is 16.4. The van der Waals surface area contributed by atoms with Crippen molar-refractivity contribution in [3.8, 4) is 0 Å². The van der Waals surface area contributed by atoms with Crippen molar-refractivity contribution in [2.24, 2.45) is 0 Å². The summed E-state index contributed by atoms with van der Waals surface area (Å²) in [5.41, 5.74) is 2.15. The summed E-state index contributed by atoms with van der Waals surface area (Å²) in [6, 6.07) is 15.0. The smallest absolute Gasteiger partial charge is 0.345 e. The summed E-state index contributed by atoms with van der Waals surface area (Å²) in [5, 5.41) is 0. The molecule has 0 atom stereocenters. The SMILES string of the molecule is COC(=O)C1=C(C(=O)OC)SC2(S1)C(C(=O)OC)=C(C(=O)OC)SC1=C2c2cc(C)ccc2N(C(=O)Cc2ccccc2)C1(C)C. The van der Waals surface area contributed by atoms with Crippen molar-refractivity contribution in [2.45, 2.75) is 36.8 Å².